The van der Waals surface area contributed by atoms with Gasteiger partial charge in [0.2, 0.25) is 0 Å². The topological polar surface area (TPSA) is 12.0 Å². The molecule has 1 saturated heterocycles. The molecule has 1 aliphatic rings. The van der Waals surface area contributed by atoms with Crippen LogP contribution < -0.4 is 5.32 Å². The molecule has 94 valence electrons. The van der Waals surface area contributed by atoms with Gasteiger partial charge < -0.3 is 5.32 Å². The van der Waals surface area contributed by atoms with Crippen molar-refractivity contribution in [1.82, 2.24) is 5.32 Å². The SMILES string of the molecule is FC(F)(CC1CCNCC1)c1cccc(Cl)c1. The van der Waals surface area contributed by atoms with E-state index in [-0.39, 0.29) is 17.9 Å². The fourth-order valence-electron chi connectivity index (χ4n) is 2.28. The maximum atomic E-state index is 14.0. The predicted octanol–water partition coefficient (Wildman–Crippen LogP) is 3.82. The zero-order valence-electron chi connectivity index (χ0n) is 9.56. The Balaban J connectivity index is 2.06. The average molecular weight is 260 g/mol. The molecule has 0 atom stereocenters. The molecule has 0 spiro atoms. The van der Waals surface area contributed by atoms with Gasteiger partial charge in [-0.3, -0.25) is 0 Å². The Bertz CT molecular complexity index is 375. The van der Waals surface area contributed by atoms with E-state index in [9.17, 15) is 8.78 Å². The number of hydrogen-bond donors (Lipinski definition) is 1. The smallest absolute Gasteiger partial charge is 0.273 e. The molecule has 0 saturated carbocycles. The van der Waals surface area contributed by atoms with Crippen molar-refractivity contribution in [1.29, 1.82) is 0 Å². The van der Waals surface area contributed by atoms with Crippen molar-refractivity contribution >= 4 is 11.6 Å². The quantitative estimate of drug-likeness (QED) is 0.870. The summed E-state index contributed by atoms with van der Waals surface area (Å²) >= 11 is 5.75. The van der Waals surface area contributed by atoms with Gasteiger partial charge in [0, 0.05) is 17.0 Å². The van der Waals surface area contributed by atoms with Crippen LogP contribution in [-0.4, -0.2) is 13.1 Å². The van der Waals surface area contributed by atoms with Crippen molar-refractivity contribution in [3.8, 4) is 0 Å². The van der Waals surface area contributed by atoms with E-state index in [0.29, 0.717) is 5.02 Å². The minimum atomic E-state index is -2.77. The van der Waals surface area contributed by atoms with E-state index in [1.54, 1.807) is 12.1 Å². The van der Waals surface area contributed by atoms with E-state index >= 15 is 0 Å². The second kappa shape index (κ2) is 5.32. The Morgan fingerprint density at radius 1 is 1.29 bits per heavy atom. The second-order valence-electron chi connectivity index (χ2n) is 4.61. The van der Waals surface area contributed by atoms with E-state index in [4.69, 9.17) is 11.6 Å². The van der Waals surface area contributed by atoms with E-state index in [2.05, 4.69) is 5.32 Å². The van der Waals surface area contributed by atoms with Gasteiger partial charge in [0.1, 0.15) is 0 Å². The van der Waals surface area contributed by atoms with Crippen LogP contribution in [0.1, 0.15) is 24.8 Å². The molecular weight excluding hydrogens is 244 g/mol. The van der Waals surface area contributed by atoms with Crippen molar-refractivity contribution < 1.29 is 8.78 Å². The van der Waals surface area contributed by atoms with Crippen LogP contribution in [0.5, 0.6) is 0 Å². The van der Waals surface area contributed by atoms with Crippen LogP contribution in [0.3, 0.4) is 0 Å². The van der Waals surface area contributed by atoms with E-state index in [1.807, 2.05) is 0 Å². The first-order valence-electron chi connectivity index (χ1n) is 5.92. The standard InChI is InChI=1S/C13H16ClF2N/c14-12-3-1-2-11(8-12)13(15,16)9-10-4-6-17-7-5-10/h1-3,8,10,17H,4-7,9H2. The summed E-state index contributed by atoms with van der Waals surface area (Å²) in [5, 5.41) is 3.55. The molecule has 4 heteroatoms. The summed E-state index contributed by atoms with van der Waals surface area (Å²) in [6, 6.07) is 6.01. The van der Waals surface area contributed by atoms with Crippen molar-refractivity contribution in [2.45, 2.75) is 25.2 Å². The summed E-state index contributed by atoms with van der Waals surface area (Å²) in [6.07, 6.45) is 1.58. The van der Waals surface area contributed by atoms with Gasteiger partial charge in [-0.1, -0.05) is 23.7 Å². The van der Waals surface area contributed by atoms with Crippen molar-refractivity contribution in [2.24, 2.45) is 5.92 Å². The Kier molecular flexibility index (Phi) is 4.00. The molecule has 2 rings (SSSR count). The molecule has 1 aromatic rings. The summed E-state index contributed by atoms with van der Waals surface area (Å²) in [4.78, 5) is 0. The molecule has 0 radical (unpaired) electrons. The van der Waals surface area contributed by atoms with Crippen LogP contribution in [0.25, 0.3) is 0 Å². The Labute approximate surface area is 105 Å². The molecule has 0 unspecified atom stereocenters. The summed E-state index contributed by atoms with van der Waals surface area (Å²) in [6.45, 7) is 1.69. The highest BCUT2D eigenvalue weighted by Crippen LogP contribution is 2.37. The molecule has 1 fully saturated rings. The number of halogens is 3. The van der Waals surface area contributed by atoms with Crippen molar-refractivity contribution in [2.75, 3.05) is 13.1 Å². The van der Waals surface area contributed by atoms with Crippen LogP contribution in [-0.2, 0) is 5.92 Å². The predicted molar refractivity (Wildman–Crippen MR) is 65.6 cm³/mol. The van der Waals surface area contributed by atoms with Crippen LogP contribution in [0.15, 0.2) is 24.3 Å². The highest BCUT2D eigenvalue weighted by Gasteiger charge is 2.35. The summed E-state index contributed by atoms with van der Waals surface area (Å²) in [5.41, 5.74) is 0.0310. The number of nitrogens with one attached hydrogen (secondary N) is 1. The van der Waals surface area contributed by atoms with Gasteiger partial charge in [0.15, 0.2) is 0 Å². The molecule has 1 N–H and O–H groups in total. The normalized spacial score (nSPS) is 18.3. The lowest BCUT2D eigenvalue weighted by atomic mass is 9.89. The fraction of sp³-hybridized carbons (Fsp3) is 0.538. The summed E-state index contributed by atoms with van der Waals surface area (Å²) in [7, 11) is 0. The molecule has 1 aliphatic heterocycles. The molecule has 0 aromatic heterocycles. The van der Waals surface area contributed by atoms with Gasteiger partial charge >= 0.3 is 0 Å². The lowest BCUT2D eigenvalue weighted by molar-refractivity contribution is -0.0326. The number of hydrogen-bond acceptors (Lipinski definition) is 1. The first kappa shape index (κ1) is 12.8. The number of alkyl halides is 2. The molecule has 0 amide bonds. The average Bonchev–Trinajstić information content (AvgIpc) is 2.30. The Morgan fingerprint density at radius 3 is 2.65 bits per heavy atom. The molecule has 1 heterocycles. The number of rotatable bonds is 3. The van der Waals surface area contributed by atoms with Crippen LogP contribution >= 0.6 is 11.6 Å². The maximum absolute atomic E-state index is 14.0. The Morgan fingerprint density at radius 2 is 2.00 bits per heavy atom. The molecule has 17 heavy (non-hydrogen) atoms. The molecule has 0 aliphatic carbocycles. The summed E-state index contributed by atoms with van der Waals surface area (Å²) in [5.74, 6) is -2.67. The van der Waals surface area contributed by atoms with Gasteiger partial charge in [0.05, 0.1) is 0 Å². The molecule has 0 bridgehead atoms. The van der Waals surface area contributed by atoms with E-state index < -0.39 is 5.92 Å². The molecule has 1 nitrogen and oxygen atoms in total. The summed E-state index contributed by atoms with van der Waals surface area (Å²) < 4.78 is 28.1. The fourth-order valence-corrected chi connectivity index (χ4v) is 2.47. The van der Waals surface area contributed by atoms with Gasteiger partial charge in [-0.25, -0.2) is 8.78 Å². The van der Waals surface area contributed by atoms with Gasteiger partial charge in [0.25, 0.3) is 5.92 Å². The monoisotopic (exact) mass is 259 g/mol. The maximum Gasteiger partial charge on any atom is 0.273 e. The minimum Gasteiger partial charge on any atom is -0.317 e. The minimum absolute atomic E-state index is 0.0310. The lowest BCUT2D eigenvalue weighted by Crippen LogP contribution is -2.30. The van der Waals surface area contributed by atoms with Gasteiger partial charge in [-0.2, -0.15) is 0 Å². The third-order valence-corrected chi connectivity index (χ3v) is 3.49. The third kappa shape index (κ3) is 3.39. The number of piperidine rings is 1. The van der Waals surface area contributed by atoms with Crippen LogP contribution in [0, 0.1) is 5.92 Å². The lowest BCUT2D eigenvalue weighted by Gasteiger charge is -2.27. The van der Waals surface area contributed by atoms with E-state index in [0.717, 1.165) is 25.9 Å². The highest BCUT2D eigenvalue weighted by atomic mass is 35.5. The Hall–Kier alpha value is -0.670. The molecule has 1 aromatic carbocycles. The van der Waals surface area contributed by atoms with E-state index in [1.165, 1.54) is 12.1 Å². The van der Waals surface area contributed by atoms with Gasteiger partial charge in [-0.15, -0.1) is 0 Å². The van der Waals surface area contributed by atoms with Crippen molar-refractivity contribution in [3.05, 3.63) is 34.9 Å². The van der Waals surface area contributed by atoms with Gasteiger partial charge in [-0.05, 0) is 44.0 Å². The number of benzene rings is 1. The second-order valence-corrected chi connectivity index (χ2v) is 5.05. The highest BCUT2D eigenvalue weighted by molar-refractivity contribution is 6.30. The zero-order chi connectivity index (χ0) is 12.3. The largest absolute Gasteiger partial charge is 0.317 e. The first-order valence-corrected chi connectivity index (χ1v) is 6.30. The zero-order valence-corrected chi connectivity index (χ0v) is 10.3. The molecular formula is C13H16ClF2N. The van der Waals surface area contributed by atoms with Crippen molar-refractivity contribution in [3.63, 3.8) is 0 Å². The van der Waals surface area contributed by atoms with Crippen LogP contribution in [0.2, 0.25) is 5.02 Å². The first-order chi connectivity index (χ1) is 8.08. The van der Waals surface area contributed by atoms with Crippen LogP contribution in [0.4, 0.5) is 8.78 Å². The third-order valence-electron chi connectivity index (χ3n) is 3.25.